The number of hydrogen-bond donors (Lipinski definition) is 0. The van der Waals surface area contributed by atoms with Gasteiger partial charge in [-0.1, -0.05) is 0 Å². The average molecular weight is 170 g/mol. The molecule has 3 heteroatoms. The predicted molar refractivity (Wildman–Crippen MR) is 44.0 cm³/mol. The number of alkyl halides is 1. The molecule has 0 N–H and O–H groups in total. The lowest BCUT2D eigenvalue weighted by atomic mass is 10.1. The molecular weight excluding hydrogens is 162 g/mol. The highest BCUT2D eigenvalue weighted by Gasteiger charge is 2.05. The van der Waals surface area contributed by atoms with Crippen molar-refractivity contribution in [3.63, 3.8) is 0 Å². The van der Waals surface area contributed by atoms with Gasteiger partial charge in [0.2, 0.25) is 0 Å². The maximum atomic E-state index is 11.1. The van der Waals surface area contributed by atoms with Crippen LogP contribution in [0, 0.1) is 6.92 Å². The zero-order valence-electron chi connectivity index (χ0n) is 6.17. The summed E-state index contributed by atoms with van der Waals surface area (Å²) >= 11 is 5.38. The van der Waals surface area contributed by atoms with Crippen LogP contribution in [0.3, 0.4) is 0 Å². The van der Waals surface area contributed by atoms with Gasteiger partial charge in [-0.15, -0.1) is 11.6 Å². The Balaban J connectivity index is 3.03. The number of aromatic nitrogens is 1. The molecule has 1 aromatic rings. The van der Waals surface area contributed by atoms with Gasteiger partial charge in [-0.2, -0.15) is 0 Å². The van der Waals surface area contributed by atoms with Gasteiger partial charge in [0.1, 0.15) is 0 Å². The number of ketones is 1. The van der Waals surface area contributed by atoms with Gasteiger partial charge in [0.05, 0.1) is 5.88 Å². The molecular formula is C8H8ClNO. The number of carbonyl (C=O) groups excluding carboxylic acids is 1. The number of Topliss-reactive ketones (excluding diaryl/α,β-unsaturated/α-hetero) is 1. The standard InChI is InChI=1S/C8H8ClNO/c1-6-2-3-10-5-7(6)8(11)4-9/h2-3,5H,4H2,1H3. The van der Waals surface area contributed by atoms with Crippen LogP contribution in [-0.2, 0) is 0 Å². The van der Waals surface area contributed by atoms with E-state index in [1.165, 1.54) is 0 Å². The normalized spacial score (nSPS) is 9.64. The van der Waals surface area contributed by atoms with Crippen LogP contribution >= 0.6 is 11.6 Å². The van der Waals surface area contributed by atoms with E-state index in [-0.39, 0.29) is 11.7 Å². The van der Waals surface area contributed by atoms with E-state index in [4.69, 9.17) is 11.6 Å². The van der Waals surface area contributed by atoms with Crippen molar-refractivity contribution in [2.45, 2.75) is 6.92 Å². The molecule has 1 rings (SSSR count). The van der Waals surface area contributed by atoms with E-state index in [0.29, 0.717) is 5.56 Å². The largest absolute Gasteiger partial charge is 0.293 e. The molecule has 0 spiro atoms. The molecule has 2 nitrogen and oxygen atoms in total. The van der Waals surface area contributed by atoms with Gasteiger partial charge in [-0.3, -0.25) is 9.78 Å². The van der Waals surface area contributed by atoms with Crippen molar-refractivity contribution in [2.24, 2.45) is 0 Å². The van der Waals surface area contributed by atoms with Crippen molar-refractivity contribution >= 4 is 17.4 Å². The van der Waals surface area contributed by atoms with E-state index in [1.54, 1.807) is 18.5 Å². The number of rotatable bonds is 2. The number of aryl methyl sites for hydroxylation is 1. The molecule has 0 saturated carbocycles. The molecule has 0 atom stereocenters. The van der Waals surface area contributed by atoms with Crippen molar-refractivity contribution in [3.8, 4) is 0 Å². The Hall–Kier alpha value is -0.890. The van der Waals surface area contributed by atoms with Crippen LogP contribution in [0.4, 0.5) is 0 Å². The number of halogens is 1. The minimum Gasteiger partial charge on any atom is -0.293 e. The number of carbonyl (C=O) groups is 1. The number of hydrogen-bond acceptors (Lipinski definition) is 2. The maximum Gasteiger partial charge on any atom is 0.179 e. The monoisotopic (exact) mass is 169 g/mol. The molecule has 0 unspecified atom stereocenters. The van der Waals surface area contributed by atoms with Crippen LogP contribution in [0.15, 0.2) is 18.5 Å². The van der Waals surface area contributed by atoms with Gasteiger partial charge in [0.25, 0.3) is 0 Å². The van der Waals surface area contributed by atoms with Crippen molar-refractivity contribution in [1.29, 1.82) is 0 Å². The van der Waals surface area contributed by atoms with E-state index in [2.05, 4.69) is 4.98 Å². The summed E-state index contributed by atoms with van der Waals surface area (Å²) in [4.78, 5) is 14.9. The molecule has 1 aromatic heterocycles. The molecule has 0 saturated heterocycles. The van der Waals surface area contributed by atoms with Gasteiger partial charge in [0, 0.05) is 18.0 Å². The fourth-order valence-electron chi connectivity index (χ4n) is 0.828. The summed E-state index contributed by atoms with van der Waals surface area (Å²) in [5.74, 6) is -0.0516. The average Bonchev–Trinajstić information content (AvgIpc) is 2.04. The molecule has 0 aliphatic rings. The Morgan fingerprint density at radius 3 is 3.00 bits per heavy atom. The Bertz CT molecular complexity index is 273. The lowest BCUT2D eigenvalue weighted by Crippen LogP contribution is -2.02. The van der Waals surface area contributed by atoms with E-state index < -0.39 is 0 Å². The molecule has 11 heavy (non-hydrogen) atoms. The van der Waals surface area contributed by atoms with E-state index >= 15 is 0 Å². The van der Waals surface area contributed by atoms with Crippen LogP contribution < -0.4 is 0 Å². The predicted octanol–water partition coefficient (Wildman–Crippen LogP) is 1.81. The highest BCUT2D eigenvalue weighted by molar-refractivity contribution is 6.30. The van der Waals surface area contributed by atoms with Crippen LogP contribution in [0.1, 0.15) is 15.9 Å². The first-order valence-corrected chi connectivity index (χ1v) is 3.79. The minimum atomic E-state index is -0.0720. The first-order valence-electron chi connectivity index (χ1n) is 3.25. The quantitative estimate of drug-likeness (QED) is 0.499. The summed E-state index contributed by atoms with van der Waals surface area (Å²) in [6.07, 6.45) is 3.19. The molecule has 1 heterocycles. The third kappa shape index (κ3) is 1.77. The zero-order chi connectivity index (χ0) is 8.27. The molecule has 58 valence electrons. The Labute approximate surface area is 70.2 Å². The molecule has 0 amide bonds. The zero-order valence-corrected chi connectivity index (χ0v) is 6.93. The van der Waals surface area contributed by atoms with Crippen molar-refractivity contribution < 1.29 is 4.79 Å². The summed E-state index contributed by atoms with van der Waals surface area (Å²) in [5, 5.41) is 0. The highest BCUT2D eigenvalue weighted by atomic mass is 35.5. The topological polar surface area (TPSA) is 30.0 Å². The fourth-order valence-corrected chi connectivity index (χ4v) is 0.972. The Morgan fingerprint density at radius 1 is 1.73 bits per heavy atom. The van der Waals surface area contributed by atoms with Crippen LogP contribution in [0.2, 0.25) is 0 Å². The summed E-state index contributed by atoms with van der Waals surface area (Å²) in [6, 6.07) is 1.79. The third-order valence-electron chi connectivity index (χ3n) is 1.46. The third-order valence-corrected chi connectivity index (χ3v) is 1.70. The van der Waals surface area contributed by atoms with Crippen LogP contribution in [-0.4, -0.2) is 16.6 Å². The fraction of sp³-hybridized carbons (Fsp3) is 0.250. The Kier molecular flexibility index (Phi) is 2.60. The summed E-state index contributed by atoms with van der Waals surface area (Å²) in [6.45, 7) is 1.86. The molecule has 0 fully saturated rings. The van der Waals surface area contributed by atoms with Crippen molar-refractivity contribution in [2.75, 3.05) is 5.88 Å². The van der Waals surface area contributed by atoms with Gasteiger partial charge >= 0.3 is 0 Å². The summed E-state index contributed by atoms with van der Waals surface area (Å²) < 4.78 is 0. The first-order chi connectivity index (χ1) is 5.25. The first kappa shape index (κ1) is 8.21. The van der Waals surface area contributed by atoms with Gasteiger partial charge < -0.3 is 0 Å². The molecule has 0 aromatic carbocycles. The summed E-state index contributed by atoms with van der Waals surface area (Å²) in [5.41, 5.74) is 1.54. The second-order valence-corrected chi connectivity index (χ2v) is 2.51. The SMILES string of the molecule is Cc1ccncc1C(=O)CCl. The van der Waals surface area contributed by atoms with E-state index in [1.807, 2.05) is 6.92 Å². The Morgan fingerprint density at radius 2 is 2.45 bits per heavy atom. The maximum absolute atomic E-state index is 11.1. The molecule has 0 aliphatic heterocycles. The van der Waals surface area contributed by atoms with E-state index in [9.17, 15) is 4.79 Å². The lowest BCUT2D eigenvalue weighted by molar-refractivity contribution is 0.102. The van der Waals surface area contributed by atoms with Crippen LogP contribution in [0.25, 0.3) is 0 Å². The van der Waals surface area contributed by atoms with Gasteiger partial charge in [-0.25, -0.2) is 0 Å². The number of nitrogens with zero attached hydrogens (tertiary/aromatic N) is 1. The lowest BCUT2D eigenvalue weighted by Gasteiger charge is -1.98. The second-order valence-electron chi connectivity index (χ2n) is 2.25. The molecule has 0 aliphatic carbocycles. The second kappa shape index (κ2) is 3.49. The van der Waals surface area contributed by atoms with E-state index in [0.717, 1.165) is 5.56 Å². The minimum absolute atomic E-state index is 0.0204. The van der Waals surface area contributed by atoms with Crippen LogP contribution in [0.5, 0.6) is 0 Å². The van der Waals surface area contributed by atoms with Gasteiger partial charge in [0.15, 0.2) is 5.78 Å². The van der Waals surface area contributed by atoms with Crippen molar-refractivity contribution in [1.82, 2.24) is 4.98 Å². The highest BCUT2D eigenvalue weighted by Crippen LogP contribution is 2.06. The van der Waals surface area contributed by atoms with Gasteiger partial charge in [-0.05, 0) is 18.6 Å². The molecule has 0 bridgehead atoms. The van der Waals surface area contributed by atoms with Crippen molar-refractivity contribution in [3.05, 3.63) is 29.6 Å². The summed E-state index contributed by atoms with van der Waals surface area (Å²) in [7, 11) is 0. The number of pyridine rings is 1. The molecule has 0 radical (unpaired) electrons. The smallest absolute Gasteiger partial charge is 0.179 e.